The number of nitrogens with two attached hydrogens (primary N) is 1. The van der Waals surface area contributed by atoms with Gasteiger partial charge in [0, 0.05) is 48.9 Å². The van der Waals surface area contributed by atoms with Crippen molar-refractivity contribution in [2.45, 2.75) is 25.9 Å². The quantitative estimate of drug-likeness (QED) is 0.849. The molecule has 0 radical (unpaired) electrons. The molecule has 0 saturated carbocycles. The van der Waals surface area contributed by atoms with Crippen LogP contribution in [0.2, 0.25) is 0 Å². The smallest absolute Gasteiger partial charge is 0.0411 e. The van der Waals surface area contributed by atoms with Gasteiger partial charge in [-0.05, 0) is 36.6 Å². The highest BCUT2D eigenvalue weighted by Gasteiger charge is 2.20. The summed E-state index contributed by atoms with van der Waals surface area (Å²) in [5, 5.41) is 0. The van der Waals surface area contributed by atoms with Gasteiger partial charge in [-0.1, -0.05) is 52.3 Å². The Bertz CT molecular complexity index is 649. The molecule has 3 nitrogen and oxygen atoms in total. The minimum Gasteiger partial charge on any atom is -0.369 e. The van der Waals surface area contributed by atoms with Crippen molar-refractivity contribution in [2.75, 3.05) is 31.1 Å². The number of anilines is 1. The topological polar surface area (TPSA) is 32.5 Å². The molecular weight excluding hydrogens is 362 g/mol. The fraction of sp³-hybridized carbons (Fsp3) is 0.400. The third-order valence-electron chi connectivity index (χ3n) is 4.55. The van der Waals surface area contributed by atoms with Gasteiger partial charge < -0.3 is 10.6 Å². The summed E-state index contributed by atoms with van der Waals surface area (Å²) in [4.78, 5) is 5.04. The molecule has 1 saturated heterocycles. The predicted octanol–water partition coefficient (Wildman–Crippen LogP) is 3.66. The van der Waals surface area contributed by atoms with E-state index >= 15 is 0 Å². The first-order valence-corrected chi connectivity index (χ1v) is 9.46. The highest BCUT2D eigenvalue weighted by Crippen LogP contribution is 2.27. The Balaban J connectivity index is 1.65. The van der Waals surface area contributed by atoms with E-state index in [-0.39, 0.29) is 6.04 Å². The van der Waals surface area contributed by atoms with Gasteiger partial charge in [-0.3, -0.25) is 4.90 Å². The van der Waals surface area contributed by atoms with Crippen molar-refractivity contribution in [1.29, 1.82) is 0 Å². The summed E-state index contributed by atoms with van der Waals surface area (Å²) >= 11 is 3.62. The monoisotopic (exact) mass is 387 g/mol. The molecule has 0 aliphatic carbocycles. The number of benzene rings is 2. The van der Waals surface area contributed by atoms with E-state index in [1.807, 2.05) is 0 Å². The van der Waals surface area contributed by atoms with Gasteiger partial charge in [0.1, 0.15) is 0 Å². The molecule has 2 aromatic rings. The van der Waals surface area contributed by atoms with Gasteiger partial charge >= 0.3 is 0 Å². The Morgan fingerprint density at radius 1 is 1.04 bits per heavy atom. The Morgan fingerprint density at radius 2 is 1.75 bits per heavy atom. The van der Waals surface area contributed by atoms with E-state index in [9.17, 15) is 0 Å². The van der Waals surface area contributed by atoms with Crippen LogP contribution in [0, 0.1) is 0 Å². The van der Waals surface area contributed by atoms with Gasteiger partial charge in [-0.2, -0.15) is 0 Å². The summed E-state index contributed by atoms with van der Waals surface area (Å²) in [6, 6.07) is 17.5. The maximum absolute atomic E-state index is 6.03. The van der Waals surface area contributed by atoms with Crippen molar-refractivity contribution >= 4 is 21.6 Å². The number of rotatable bonds is 5. The van der Waals surface area contributed by atoms with E-state index in [0.29, 0.717) is 0 Å². The minimum atomic E-state index is 0.185. The Kier molecular flexibility index (Phi) is 5.93. The fourth-order valence-corrected chi connectivity index (χ4v) is 3.69. The normalized spacial score (nSPS) is 17.0. The molecule has 0 aromatic heterocycles. The van der Waals surface area contributed by atoms with Gasteiger partial charge in [-0.25, -0.2) is 0 Å². The lowest BCUT2D eigenvalue weighted by atomic mass is 10.0. The standard InChI is InChI=1S/C20H26BrN3/c1-16(22)13-18-7-8-19(21)14-20(18)24-11-9-23(10-12-24)15-17-5-3-2-4-6-17/h2-8,14,16H,9-13,15,22H2,1H3. The van der Waals surface area contributed by atoms with E-state index in [4.69, 9.17) is 5.73 Å². The predicted molar refractivity (Wildman–Crippen MR) is 105 cm³/mol. The zero-order valence-electron chi connectivity index (χ0n) is 14.3. The molecule has 0 amide bonds. The molecule has 24 heavy (non-hydrogen) atoms. The Hall–Kier alpha value is -1.36. The molecule has 4 heteroatoms. The lowest BCUT2D eigenvalue weighted by molar-refractivity contribution is 0.249. The lowest BCUT2D eigenvalue weighted by Gasteiger charge is -2.37. The van der Waals surface area contributed by atoms with Crippen molar-refractivity contribution < 1.29 is 0 Å². The van der Waals surface area contributed by atoms with Crippen LogP contribution in [0.25, 0.3) is 0 Å². The van der Waals surface area contributed by atoms with Crippen molar-refractivity contribution in [1.82, 2.24) is 4.90 Å². The summed E-state index contributed by atoms with van der Waals surface area (Å²) in [7, 11) is 0. The largest absolute Gasteiger partial charge is 0.369 e. The van der Waals surface area contributed by atoms with E-state index in [2.05, 4.69) is 81.2 Å². The van der Waals surface area contributed by atoms with Crippen LogP contribution in [0.15, 0.2) is 53.0 Å². The number of hydrogen-bond acceptors (Lipinski definition) is 3. The molecule has 0 spiro atoms. The molecule has 1 aliphatic heterocycles. The molecule has 0 bridgehead atoms. The summed E-state index contributed by atoms with van der Waals surface area (Å²) in [5.74, 6) is 0. The first-order chi connectivity index (χ1) is 11.6. The van der Waals surface area contributed by atoms with Gasteiger partial charge in [-0.15, -0.1) is 0 Å². The number of piperazine rings is 1. The van der Waals surface area contributed by atoms with Crippen LogP contribution < -0.4 is 10.6 Å². The second-order valence-electron chi connectivity index (χ2n) is 6.70. The molecule has 128 valence electrons. The second kappa shape index (κ2) is 8.15. The Morgan fingerprint density at radius 3 is 2.42 bits per heavy atom. The molecule has 1 aliphatic rings. The number of halogens is 1. The average Bonchev–Trinajstić information content (AvgIpc) is 2.58. The van der Waals surface area contributed by atoms with E-state index in [1.165, 1.54) is 16.8 Å². The molecule has 1 atom stereocenters. The summed E-state index contributed by atoms with van der Waals surface area (Å²) in [5.41, 5.74) is 10.1. The number of hydrogen-bond donors (Lipinski definition) is 1. The second-order valence-corrected chi connectivity index (χ2v) is 7.62. The van der Waals surface area contributed by atoms with Crippen LogP contribution in [-0.4, -0.2) is 37.1 Å². The zero-order valence-corrected chi connectivity index (χ0v) is 15.9. The van der Waals surface area contributed by atoms with Gasteiger partial charge in [0.05, 0.1) is 0 Å². The van der Waals surface area contributed by atoms with Gasteiger partial charge in [0.15, 0.2) is 0 Å². The number of nitrogens with zero attached hydrogens (tertiary/aromatic N) is 2. The highest BCUT2D eigenvalue weighted by molar-refractivity contribution is 9.10. The first kappa shape index (κ1) is 17.5. The summed E-state index contributed by atoms with van der Waals surface area (Å²) in [6.45, 7) is 7.44. The Labute approximate surface area is 153 Å². The molecule has 1 fully saturated rings. The molecule has 1 heterocycles. The van der Waals surface area contributed by atoms with Gasteiger partial charge in [0.25, 0.3) is 0 Å². The molecule has 2 N–H and O–H groups in total. The van der Waals surface area contributed by atoms with Gasteiger partial charge in [0.2, 0.25) is 0 Å². The van der Waals surface area contributed by atoms with Crippen molar-refractivity contribution in [3.8, 4) is 0 Å². The van der Waals surface area contributed by atoms with Crippen LogP contribution in [-0.2, 0) is 13.0 Å². The lowest BCUT2D eigenvalue weighted by Crippen LogP contribution is -2.46. The molecule has 1 unspecified atom stereocenters. The molecule has 3 rings (SSSR count). The third-order valence-corrected chi connectivity index (χ3v) is 5.04. The van der Waals surface area contributed by atoms with Crippen LogP contribution in [0.4, 0.5) is 5.69 Å². The third kappa shape index (κ3) is 4.59. The average molecular weight is 388 g/mol. The van der Waals surface area contributed by atoms with Crippen molar-refractivity contribution in [2.24, 2.45) is 5.73 Å². The molecule has 2 aromatic carbocycles. The van der Waals surface area contributed by atoms with E-state index < -0.39 is 0 Å². The SMILES string of the molecule is CC(N)Cc1ccc(Br)cc1N1CCN(Cc2ccccc2)CC1. The van der Waals surface area contributed by atoms with Crippen LogP contribution >= 0.6 is 15.9 Å². The van der Waals surface area contributed by atoms with Crippen LogP contribution in [0.5, 0.6) is 0 Å². The summed E-state index contributed by atoms with van der Waals surface area (Å²) in [6.07, 6.45) is 0.923. The van der Waals surface area contributed by atoms with E-state index in [1.54, 1.807) is 0 Å². The molecular formula is C20H26BrN3. The maximum Gasteiger partial charge on any atom is 0.0411 e. The van der Waals surface area contributed by atoms with Crippen molar-refractivity contribution in [3.05, 3.63) is 64.1 Å². The summed E-state index contributed by atoms with van der Waals surface area (Å²) < 4.78 is 1.14. The maximum atomic E-state index is 6.03. The van der Waals surface area contributed by atoms with Crippen molar-refractivity contribution in [3.63, 3.8) is 0 Å². The van der Waals surface area contributed by atoms with Crippen LogP contribution in [0.1, 0.15) is 18.1 Å². The minimum absolute atomic E-state index is 0.185. The highest BCUT2D eigenvalue weighted by atomic mass is 79.9. The first-order valence-electron chi connectivity index (χ1n) is 8.67. The van der Waals surface area contributed by atoms with E-state index in [0.717, 1.165) is 43.6 Å². The van der Waals surface area contributed by atoms with Crippen LogP contribution in [0.3, 0.4) is 0 Å². The zero-order chi connectivity index (χ0) is 16.9. The fourth-order valence-electron chi connectivity index (χ4n) is 3.34.